The van der Waals surface area contributed by atoms with Crippen LogP contribution < -0.4 is 0 Å². The van der Waals surface area contributed by atoms with E-state index in [4.69, 9.17) is 19.8 Å². The zero-order valence-electron chi connectivity index (χ0n) is 5.77. The molecular formula is C8H28O6. The standard InChI is InChI=1S/C2H4O2.CH2O2.CH4O.4CH4.H2O/c1-4-2-3;2-1-3;1-2;;;;;/h2H,1H3;1H,(H,2,3);2H,1H3;4*1H4;1H2. The van der Waals surface area contributed by atoms with Crippen LogP contribution >= 0.6 is 0 Å². The van der Waals surface area contributed by atoms with Crippen LogP contribution in [0, 0.1) is 0 Å². The first-order valence-corrected chi connectivity index (χ1v) is 1.82. The summed E-state index contributed by atoms with van der Waals surface area (Å²) in [4.78, 5) is 17.3. The lowest BCUT2D eigenvalue weighted by molar-refractivity contribution is -0.126. The molecule has 0 aromatic rings. The maximum Gasteiger partial charge on any atom is 0.292 e. The zero-order chi connectivity index (χ0) is 8.12. The van der Waals surface area contributed by atoms with Crippen LogP contribution in [0.4, 0.5) is 0 Å². The number of rotatable bonds is 1. The van der Waals surface area contributed by atoms with E-state index >= 15 is 0 Å². The lowest BCUT2D eigenvalue weighted by atomic mass is 11.5. The largest absolute Gasteiger partial charge is 0.483 e. The number of methoxy groups -OCH3 is 1. The molecule has 96 valence electrons. The van der Waals surface area contributed by atoms with E-state index in [1.807, 2.05) is 0 Å². The zero-order valence-corrected chi connectivity index (χ0v) is 5.77. The van der Waals surface area contributed by atoms with Gasteiger partial charge in [-0.1, -0.05) is 29.7 Å². The Morgan fingerprint density at radius 1 is 1.00 bits per heavy atom. The second kappa shape index (κ2) is 404. The van der Waals surface area contributed by atoms with Crippen LogP contribution in [0.25, 0.3) is 0 Å². The van der Waals surface area contributed by atoms with Gasteiger partial charge in [-0.15, -0.1) is 0 Å². The highest BCUT2D eigenvalue weighted by molar-refractivity contribution is 5.36. The predicted octanol–water partition coefficient (Wildman–Crippen LogP) is 0.818. The summed E-state index contributed by atoms with van der Waals surface area (Å²) >= 11 is 0. The number of carbonyl (C=O) groups is 2. The van der Waals surface area contributed by atoms with Crippen molar-refractivity contribution in [2.24, 2.45) is 0 Å². The average Bonchev–Trinajstić information content (AvgIpc) is 1.94. The molecule has 0 aliphatic rings. The number of hydrogen-bond donors (Lipinski definition) is 2. The van der Waals surface area contributed by atoms with E-state index in [2.05, 4.69) is 4.74 Å². The molecule has 0 saturated heterocycles. The summed E-state index contributed by atoms with van der Waals surface area (Å²) in [5.74, 6) is 0. The highest BCUT2D eigenvalue weighted by Gasteiger charge is 1.44. The van der Waals surface area contributed by atoms with Crippen molar-refractivity contribution in [2.45, 2.75) is 29.7 Å². The summed E-state index contributed by atoms with van der Waals surface area (Å²) < 4.78 is 3.86. The molecule has 0 aliphatic carbocycles. The van der Waals surface area contributed by atoms with Gasteiger partial charge in [0.1, 0.15) is 0 Å². The second-order valence-electron chi connectivity index (χ2n) is 0.437. The quantitative estimate of drug-likeness (QED) is 0.634. The van der Waals surface area contributed by atoms with Crippen molar-refractivity contribution < 1.29 is 30.0 Å². The van der Waals surface area contributed by atoms with Gasteiger partial charge in [0.15, 0.2) is 0 Å². The third kappa shape index (κ3) is 53900. The molecule has 6 nitrogen and oxygen atoms in total. The fraction of sp³-hybridized carbons (Fsp3) is 0.750. The molecular weight excluding hydrogens is 192 g/mol. The number of carbonyl (C=O) groups excluding carboxylic acids is 1. The number of carboxylic acid groups (broad SMARTS) is 1. The molecule has 0 radical (unpaired) electrons. The van der Waals surface area contributed by atoms with Gasteiger partial charge in [-0.05, 0) is 0 Å². The lowest BCUT2D eigenvalue weighted by Gasteiger charge is -1.67. The van der Waals surface area contributed by atoms with Crippen molar-refractivity contribution >= 4 is 12.9 Å². The average molecular weight is 220 g/mol. The number of hydrogen-bond acceptors (Lipinski definition) is 4. The maximum absolute atomic E-state index is 8.95. The fourth-order valence-corrected chi connectivity index (χ4v) is 0. The van der Waals surface area contributed by atoms with E-state index in [1.54, 1.807) is 0 Å². The summed E-state index contributed by atoms with van der Waals surface area (Å²) in [6.45, 7) is 0.125. The molecule has 0 bridgehead atoms. The monoisotopic (exact) mass is 220 g/mol. The van der Waals surface area contributed by atoms with Crippen LogP contribution in [0.15, 0.2) is 0 Å². The molecule has 4 N–H and O–H groups in total. The van der Waals surface area contributed by atoms with Gasteiger partial charge in [-0.2, -0.15) is 0 Å². The van der Waals surface area contributed by atoms with Crippen LogP contribution in [0.1, 0.15) is 29.7 Å². The first-order valence-electron chi connectivity index (χ1n) is 1.82. The van der Waals surface area contributed by atoms with Crippen molar-refractivity contribution in [3.63, 3.8) is 0 Å². The van der Waals surface area contributed by atoms with Crippen LogP contribution in [0.2, 0.25) is 0 Å². The molecule has 0 spiro atoms. The van der Waals surface area contributed by atoms with Gasteiger partial charge >= 0.3 is 0 Å². The molecule has 6 heteroatoms. The van der Waals surface area contributed by atoms with Gasteiger partial charge < -0.3 is 20.4 Å². The minimum atomic E-state index is -0.250. The maximum atomic E-state index is 8.95. The highest BCUT2D eigenvalue weighted by atomic mass is 16.5. The summed E-state index contributed by atoms with van der Waals surface area (Å²) in [5.41, 5.74) is 0. The van der Waals surface area contributed by atoms with Gasteiger partial charge in [0.2, 0.25) is 0 Å². The van der Waals surface area contributed by atoms with E-state index in [9.17, 15) is 0 Å². The first-order chi connectivity index (χ1) is 4.33. The van der Waals surface area contributed by atoms with Gasteiger partial charge in [0.05, 0.1) is 7.11 Å². The molecule has 0 atom stereocenters. The fourth-order valence-electron chi connectivity index (χ4n) is 0. The third-order valence-corrected chi connectivity index (χ3v) is 0.0962. The molecule has 0 unspecified atom stereocenters. The third-order valence-electron chi connectivity index (χ3n) is 0.0962. The molecule has 0 amide bonds. The topological polar surface area (TPSA) is 115 Å². The number of aliphatic hydroxyl groups excluding tert-OH is 1. The van der Waals surface area contributed by atoms with Crippen molar-refractivity contribution in [3.8, 4) is 0 Å². The van der Waals surface area contributed by atoms with Gasteiger partial charge in [0.25, 0.3) is 12.9 Å². The Balaban J connectivity index is -0.00000000565. The molecule has 0 aromatic heterocycles. The minimum absolute atomic E-state index is 0. The Morgan fingerprint density at radius 3 is 1.07 bits per heavy atom. The molecule has 0 aromatic carbocycles. The second-order valence-corrected chi connectivity index (χ2v) is 0.437. The molecule has 0 rings (SSSR count). The van der Waals surface area contributed by atoms with Gasteiger partial charge in [0, 0.05) is 7.11 Å². The van der Waals surface area contributed by atoms with Crippen molar-refractivity contribution in [3.05, 3.63) is 0 Å². The SMILES string of the molecule is C.C.C.C.CO.COC=O.O.O=CO. The van der Waals surface area contributed by atoms with E-state index in [0.29, 0.717) is 6.47 Å². The Kier molecular flexibility index (Phi) is 2210. The first kappa shape index (κ1) is 76.6. The highest BCUT2D eigenvalue weighted by Crippen LogP contribution is 1.35. The number of ether oxygens (including phenoxy) is 1. The summed E-state index contributed by atoms with van der Waals surface area (Å²) in [5, 5.41) is 13.9. The minimum Gasteiger partial charge on any atom is -0.483 e. The Labute approximate surface area is 87.8 Å². The number of aliphatic hydroxyl groups is 1. The van der Waals surface area contributed by atoms with Crippen LogP contribution in [-0.2, 0) is 14.3 Å². The summed E-state index contributed by atoms with van der Waals surface area (Å²) in [6.07, 6.45) is 0. The molecule has 0 aliphatic heterocycles. The van der Waals surface area contributed by atoms with Crippen molar-refractivity contribution in [1.82, 2.24) is 0 Å². The van der Waals surface area contributed by atoms with Gasteiger partial charge in [-0.3, -0.25) is 9.59 Å². The van der Waals surface area contributed by atoms with Crippen molar-refractivity contribution in [1.29, 1.82) is 0 Å². The van der Waals surface area contributed by atoms with Crippen LogP contribution in [0.5, 0.6) is 0 Å². The molecule has 0 saturated carbocycles. The summed E-state index contributed by atoms with van der Waals surface area (Å²) in [6, 6.07) is 0. The normalized spacial score (nSPS) is 2.79. The lowest BCUT2D eigenvalue weighted by Crippen LogP contribution is -1.68. The van der Waals surface area contributed by atoms with Crippen LogP contribution in [-0.4, -0.2) is 42.9 Å². The van der Waals surface area contributed by atoms with E-state index < -0.39 is 0 Å². The van der Waals surface area contributed by atoms with Gasteiger partial charge in [-0.25, -0.2) is 0 Å². The van der Waals surface area contributed by atoms with E-state index in [-0.39, 0.29) is 41.7 Å². The Bertz CT molecular complexity index is 49.1. The smallest absolute Gasteiger partial charge is 0.292 e. The molecule has 0 heterocycles. The van der Waals surface area contributed by atoms with Crippen molar-refractivity contribution in [2.75, 3.05) is 14.2 Å². The van der Waals surface area contributed by atoms with Crippen LogP contribution in [0.3, 0.4) is 0 Å². The van der Waals surface area contributed by atoms with E-state index in [0.717, 1.165) is 7.11 Å². The van der Waals surface area contributed by atoms with E-state index in [1.165, 1.54) is 7.11 Å². The molecule has 14 heavy (non-hydrogen) atoms. The Morgan fingerprint density at radius 2 is 1.07 bits per heavy atom. The Hall–Kier alpha value is -1.14. The molecule has 0 fully saturated rings. The predicted molar refractivity (Wildman–Crippen MR) is 60.4 cm³/mol. The summed E-state index contributed by atoms with van der Waals surface area (Å²) in [7, 11) is 2.31.